The topological polar surface area (TPSA) is 64.2 Å². The molecule has 1 aromatic carbocycles. The summed E-state index contributed by atoms with van der Waals surface area (Å²) >= 11 is 0. The van der Waals surface area contributed by atoms with Crippen molar-refractivity contribution in [3.63, 3.8) is 0 Å². The molecule has 1 aromatic heterocycles. The highest BCUT2D eigenvalue weighted by Crippen LogP contribution is 2.17. The Kier molecular flexibility index (Phi) is 4.08. The highest BCUT2D eigenvalue weighted by atomic mass is 16.2. The fraction of sp³-hybridized carbons (Fsp3) is 0.333. The lowest BCUT2D eigenvalue weighted by molar-refractivity contribution is 0.0684. The van der Waals surface area contributed by atoms with E-state index in [-0.39, 0.29) is 11.9 Å². The Balaban J connectivity index is 2.24. The van der Waals surface area contributed by atoms with E-state index in [0.717, 1.165) is 5.56 Å². The van der Waals surface area contributed by atoms with Crippen molar-refractivity contribution in [2.45, 2.75) is 26.4 Å². The molecule has 1 heterocycles. The fourth-order valence-corrected chi connectivity index (χ4v) is 2.03. The second-order valence-corrected chi connectivity index (χ2v) is 5.10. The van der Waals surface area contributed by atoms with Gasteiger partial charge in [0, 0.05) is 31.5 Å². The Morgan fingerprint density at radius 3 is 2.60 bits per heavy atom. The highest BCUT2D eigenvalue weighted by Gasteiger charge is 2.21. The molecule has 0 aliphatic carbocycles. The van der Waals surface area contributed by atoms with E-state index in [1.807, 2.05) is 38.1 Å². The van der Waals surface area contributed by atoms with Crippen molar-refractivity contribution in [2.24, 2.45) is 7.05 Å². The SMILES string of the molecule is CC(C)N(Cc1ccccc1N)C(=O)c1ccn(C)n1. The Hall–Kier alpha value is -2.30. The summed E-state index contributed by atoms with van der Waals surface area (Å²) in [5, 5.41) is 4.17. The molecule has 0 aliphatic rings. The second-order valence-electron chi connectivity index (χ2n) is 5.10. The lowest BCUT2D eigenvalue weighted by Gasteiger charge is -2.26. The van der Waals surface area contributed by atoms with Crippen LogP contribution in [0.3, 0.4) is 0 Å². The van der Waals surface area contributed by atoms with Gasteiger partial charge < -0.3 is 10.6 Å². The number of hydrogen-bond donors (Lipinski definition) is 1. The molecular weight excluding hydrogens is 252 g/mol. The van der Waals surface area contributed by atoms with E-state index >= 15 is 0 Å². The second kappa shape index (κ2) is 5.77. The summed E-state index contributed by atoms with van der Waals surface area (Å²) in [5.74, 6) is -0.0798. The van der Waals surface area contributed by atoms with Crippen molar-refractivity contribution in [3.05, 3.63) is 47.8 Å². The molecule has 0 saturated heterocycles. The van der Waals surface area contributed by atoms with Crippen LogP contribution in [0.2, 0.25) is 0 Å². The Morgan fingerprint density at radius 2 is 2.05 bits per heavy atom. The van der Waals surface area contributed by atoms with E-state index in [4.69, 9.17) is 5.73 Å². The molecule has 0 unspecified atom stereocenters. The molecular formula is C15H20N4O. The van der Waals surface area contributed by atoms with Gasteiger partial charge in [0.2, 0.25) is 0 Å². The fourth-order valence-electron chi connectivity index (χ4n) is 2.03. The van der Waals surface area contributed by atoms with Crippen LogP contribution in [0.25, 0.3) is 0 Å². The van der Waals surface area contributed by atoms with E-state index < -0.39 is 0 Å². The van der Waals surface area contributed by atoms with Crippen LogP contribution in [-0.2, 0) is 13.6 Å². The molecule has 0 fully saturated rings. The van der Waals surface area contributed by atoms with Crippen LogP contribution in [0.4, 0.5) is 5.69 Å². The van der Waals surface area contributed by atoms with Crippen LogP contribution in [-0.4, -0.2) is 26.6 Å². The monoisotopic (exact) mass is 272 g/mol. The van der Waals surface area contributed by atoms with Gasteiger partial charge in [0.15, 0.2) is 0 Å². The molecule has 0 atom stereocenters. The van der Waals surface area contributed by atoms with Crippen LogP contribution in [0, 0.1) is 0 Å². The van der Waals surface area contributed by atoms with E-state index in [1.165, 1.54) is 0 Å². The first-order chi connectivity index (χ1) is 9.49. The summed E-state index contributed by atoms with van der Waals surface area (Å²) in [6, 6.07) is 9.40. The molecule has 2 aromatic rings. The summed E-state index contributed by atoms with van der Waals surface area (Å²) in [6.45, 7) is 4.46. The van der Waals surface area contributed by atoms with Crippen LogP contribution in [0.1, 0.15) is 29.9 Å². The largest absolute Gasteiger partial charge is 0.398 e. The summed E-state index contributed by atoms with van der Waals surface area (Å²) in [4.78, 5) is 14.3. The van der Waals surface area contributed by atoms with E-state index in [2.05, 4.69) is 5.10 Å². The lowest BCUT2D eigenvalue weighted by atomic mass is 10.1. The van der Waals surface area contributed by atoms with Crippen molar-refractivity contribution in [2.75, 3.05) is 5.73 Å². The number of nitrogens with zero attached hydrogens (tertiary/aromatic N) is 3. The highest BCUT2D eigenvalue weighted by molar-refractivity contribution is 5.92. The van der Waals surface area contributed by atoms with Gasteiger partial charge in [-0.05, 0) is 31.5 Å². The third-order valence-electron chi connectivity index (χ3n) is 3.21. The zero-order chi connectivity index (χ0) is 14.7. The van der Waals surface area contributed by atoms with Gasteiger partial charge in [-0.1, -0.05) is 18.2 Å². The first-order valence-electron chi connectivity index (χ1n) is 6.63. The minimum atomic E-state index is -0.0798. The zero-order valence-electron chi connectivity index (χ0n) is 12.1. The number of carbonyl (C=O) groups excluding carboxylic acids is 1. The average Bonchev–Trinajstić information content (AvgIpc) is 2.83. The maximum Gasteiger partial charge on any atom is 0.274 e. The van der Waals surface area contributed by atoms with Gasteiger partial charge in [0.25, 0.3) is 5.91 Å². The van der Waals surface area contributed by atoms with Gasteiger partial charge in [-0.2, -0.15) is 5.10 Å². The van der Waals surface area contributed by atoms with Gasteiger partial charge in [-0.3, -0.25) is 9.48 Å². The quantitative estimate of drug-likeness (QED) is 0.866. The van der Waals surface area contributed by atoms with Gasteiger partial charge in [0.05, 0.1) is 0 Å². The number of nitrogens with two attached hydrogens (primary N) is 1. The lowest BCUT2D eigenvalue weighted by Crippen LogP contribution is -2.36. The number of hydrogen-bond acceptors (Lipinski definition) is 3. The van der Waals surface area contributed by atoms with Crippen molar-refractivity contribution < 1.29 is 4.79 Å². The van der Waals surface area contributed by atoms with Crippen molar-refractivity contribution >= 4 is 11.6 Å². The molecule has 5 heteroatoms. The van der Waals surface area contributed by atoms with Crippen LogP contribution < -0.4 is 5.73 Å². The van der Waals surface area contributed by atoms with Crippen LogP contribution in [0.15, 0.2) is 36.5 Å². The molecule has 106 valence electrons. The minimum absolute atomic E-state index is 0.0733. The molecule has 0 saturated carbocycles. The number of aryl methyl sites for hydroxylation is 1. The standard InChI is InChI=1S/C15H20N4O/c1-11(2)19(10-12-6-4-5-7-13(12)16)15(20)14-8-9-18(3)17-14/h4-9,11H,10,16H2,1-3H3. The summed E-state index contributed by atoms with van der Waals surface area (Å²) in [5.41, 5.74) is 8.06. The van der Waals surface area contributed by atoms with E-state index in [9.17, 15) is 4.79 Å². The Bertz CT molecular complexity index is 603. The maximum atomic E-state index is 12.5. The number of nitrogen functional groups attached to an aromatic ring is 1. The van der Waals surface area contributed by atoms with Crippen molar-refractivity contribution in [1.29, 1.82) is 0 Å². The first kappa shape index (κ1) is 14.1. The van der Waals surface area contributed by atoms with Crippen LogP contribution >= 0.6 is 0 Å². The first-order valence-corrected chi connectivity index (χ1v) is 6.63. The smallest absolute Gasteiger partial charge is 0.274 e. The van der Waals surface area contributed by atoms with Crippen molar-refractivity contribution in [3.8, 4) is 0 Å². The third kappa shape index (κ3) is 2.99. The average molecular weight is 272 g/mol. The Morgan fingerprint density at radius 1 is 1.35 bits per heavy atom. The number of aromatic nitrogens is 2. The number of anilines is 1. The normalized spacial score (nSPS) is 10.8. The molecule has 0 radical (unpaired) electrons. The number of rotatable bonds is 4. The van der Waals surface area contributed by atoms with Gasteiger partial charge >= 0.3 is 0 Å². The molecule has 2 N–H and O–H groups in total. The van der Waals surface area contributed by atoms with Crippen molar-refractivity contribution in [1.82, 2.24) is 14.7 Å². The molecule has 1 amide bonds. The number of benzene rings is 1. The van der Waals surface area contributed by atoms with E-state index in [1.54, 1.807) is 28.9 Å². The molecule has 0 aliphatic heterocycles. The van der Waals surface area contributed by atoms with Gasteiger partial charge in [-0.25, -0.2) is 0 Å². The number of amides is 1. The van der Waals surface area contributed by atoms with E-state index in [0.29, 0.717) is 17.9 Å². The summed E-state index contributed by atoms with van der Waals surface area (Å²) in [7, 11) is 1.80. The molecule has 5 nitrogen and oxygen atoms in total. The zero-order valence-corrected chi connectivity index (χ0v) is 12.1. The molecule has 0 bridgehead atoms. The minimum Gasteiger partial charge on any atom is -0.398 e. The predicted molar refractivity (Wildman–Crippen MR) is 79.1 cm³/mol. The predicted octanol–water partition coefficient (Wildman–Crippen LogP) is 2.05. The summed E-state index contributed by atoms with van der Waals surface area (Å²) < 4.78 is 1.63. The van der Waals surface area contributed by atoms with Crippen LogP contribution in [0.5, 0.6) is 0 Å². The maximum absolute atomic E-state index is 12.5. The number of para-hydroxylation sites is 1. The molecule has 0 spiro atoms. The molecule has 20 heavy (non-hydrogen) atoms. The van der Waals surface area contributed by atoms with Gasteiger partial charge in [0.1, 0.15) is 5.69 Å². The van der Waals surface area contributed by atoms with Gasteiger partial charge in [-0.15, -0.1) is 0 Å². The Labute approximate surface area is 119 Å². The summed E-state index contributed by atoms with van der Waals surface area (Å²) in [6.07, 6.45) is 1.77. The molecule has 2 rings (SSSR count). The third-order valence-corrected chi connectivity index (χ3v) is 3.21. The number of carbonyl (C=O) groups is 1.